The van der Waals surface area contributed by atoms with Gasteiger partial charge in [-0.2, -0.15) is 0 Å². The second kappa shape index (κ2) is 4.82. The van der Waals surface area contributed by atoms with Crippen LogP contribution < -0.4 is 5.43 Å². The van der Waals surface area contributed by atoms with Crippen LogP contribution in [0.2, 0.25) is 0 Å². The number of aromatic carboxylic acids is 1. The molecule has 1 aromatic rings. The maximum atomic E-state index is 12.8. The molecule has 2 aliphatic rings. The van der Waals surface area contributed by atoms with Gasteiger partial charge in [0.15, 0.2) is 11.4 Å². The van der Waals surface area contributed by atoms with Crippen LogP contribution in [0.15, 0.2) is 11.0 Å². The van der Waals surface area contributed by atoms with Gasteiger partial charge in [0.25, 0.3) is 5.91 Å². The van der Waals surface area contributed by atoms with Gasteiger partial charge in [0, 0.05) is 19.3 Å². The van der Waals surface area contributed by atoms with E-state index in [9.17, 15) is 19.5 Å². The lowest BCUT2D eigenvalue weighted by molar-refractivity contribution is -0.0412. The zero-order valence-corrected chi connectivity index (χ0v) is 13.2. The molecule has 1 fully saturated rings. The Labute approximate surface area is 132 Å². The number of nitrogens with zero attached hydrogens (tertiary/aromatic N) is 3. The van der Waals surface area contributed by atoms with Crippen molar-refractivity contribution < 1.29 is 19.8 Å². The van der Waals surface area contributed by atoms with E-state index in [0.29, 0.717) is 13.1 Å². The molecular weight excluding hydrogens is 302 g/mol. The zero-order valence-electron chi connectivity index (χ0n) is 13.2. The van der Waals surface area contributed by atoms with Gasteiger partial charge in [0.05, 0.1) is 6.54 Å². The Bertz CT molecular complexity index is 767. The van der Waals surface area contributed by atoms with E-state index >= 15 is 0 Å². The van der Waals surface area contributed by atoms with E-state index in [2.05, 4.69) is 0 Å². The maximum Gasteiger partial charge on any atom is 0.341 e. The molecule has 0 aliphatic carbocycles. The number of carbonyl (C=O) groups excluding carboxylic acids is 1. The van der Waals surface area contributed by atoms with Crippen LogP contribution in [0, 0.1) is 5.41 Å². The van der Waals surface area contributed by atoms with Crippen molar-refractivity contribution in [3.8, 4) is 5.75 Å². The van der Waals surface area contributed by atoms with E-state index in [1.54, 1.807) is 4.90 Å². The van der Waals surface area contributed by atoms with E-state index in [-0.39, 0.29) is 17.3 Å². The Morgan fingerprint density at radius 1 is 1.30 bits per heavy atom. The highest BCUT2D eigenvalue weighted by Crippen LogP contribution is 2.33. The molecule has 8 heteroatoms. The van der Waals surface area contributed by atoms with Gasteiger partial charge in [-0.1, -0.05) is 13.8 Å². The molecule has 8 nitrogen and oxygen atoms in total. The number of amides is 1. The van der Waals surface area contributed by atoms with E-state index in [4.69, 9.17) is 5.11 Å². The normalized spacial score (nSPS) is 23.3. The number of carbonyl (C=O) groups is 2. The first-order chi connectivity index (χ1) is 10.6. The maximum absolute atomic E-state index is 12.8. The van der Waals surface area contributed by atoms with E-state index in [1.807, 2.05) is 25.8 Å². The fraction of sp³-hybridized carbons (Fsp3) is 0.533. The van der Waals surface area contributed by atoms with Crippen LogP contribution in [0.25, 0.3) is 0 Å². The lowest BCUT2D eigenvalue weighted by Gasteiger charge is -2.51. The van der Waals surface area contributed by atoms with E-state index in [1.165, 1.54) is 4.57 Å². The molecular formula is C15H19N3O5. The first-order valence-electron chi connectivity index (χ1n) is 7.33. The van der Waals surface area contributed by atoms with Gasteiger partial charge >= 0.3 is 5.97 Å². The Kier molecular flexibility index (Phi) is 3.26. The second-order valence-electron chi connectivity index (χ2n) is 7.02. The minimum Gasteiger partial charge on any atom is -0.503 e. The van der Waals surface area contributed by atoms with Crippen LogP contribution in [0.5, 0.6) is 5.75 Å². The molecule has 0 radical (unpaired) electrons. The number of carboxylic acid groups (broad SMARTS) is 1. The number of rotatable bonds is 1. The van der Waals surface area contributed by atoms with Crippen LogP contribution in [0.3, 0.4) is 0 Å². The van der Waals surface area contributed by atoms with Crippen molar-refractivity contribution in [2.24, 2.45) is 5.41 Å². The molecule has 2 N–H and O–H groups in total. The predicted octanol–water partition coefficient (Wildman–Crippen LogP) is 0.00560. The average Bonchev–Trinajstić information content (AvgIpc) is 2.43. The number of aromatic hydroxyl groups is 1. The summed E-state index contributed by atoms with van der Waals surface area (Å²) in [6, 6.07) is 0. The van der Waals surface area contributed by atoms with Crippen LogP contribution in [0.1, 0.15) is 34.7 Å². The van der Waals surface area contributed by atoms with Gasteiger partial charge in [-0.15, -0.1) is 0 Å². The predicted molar refractivity (Wildman–Crippen MR) is 80.6 cm³/mol. The highest BCUT2D eigenvalue weighted by atomic mass is 16.4. The standard InChI is InChI=1S/C15H19N3O5/c1-15(2)6-16(3)9-5-17-4-8(14(22)23)11(19)12(20)10(17)13(21)18(9)7-15/h4,9,20H,5-7H2,1-3H3,(H,22,23). The van der Waals surface area contributed by atoms with Crippen molar-refractivity contribution in [1.82, 2.24) is 14.4 Å². The van der Waals surface area contributed by atoms with Crippen molar-refractivity contribution in [2.45, 2.75) is 26.6 Å². The molecule has 0 saturated carbocycles. The Balaban J connectivity index is 2.15. The molecule has 23 heavy (non-hydrogen) atoms. The van der Waals surface area contributed by atoms with Gasteiger partial charge in [0.2, 0.25) is 5.43 Å². The number of likely N-dealkylation sites (N-methyl/N-ethyl adjacent to an activating group) is 1. The van der Waals surface area contributed by atoms with E-state index in [0.717, 1.165) is 12.7 Å². The van der Waals surface area contributed by atoms with E-state index < -0.39 is 28.6 Å². The molecule has 1 atom stereocenters. The highest BCUT2D eigenvalue weighted by Gasteiger charge is 2.44. The first kappa shape index (κ1) is 15.5. The summed E-state index contributed by atoms with van der Waals surface area (Å²) in [5, 5.41) is 19.2. The van der Waals surface area contributed by atoms with Gasteiger partial charge < -0.3 is 19.7 Å². The summed E-state index contributed by atoms with van der Waals surface area (Å²) in [7, 11) is 1.90. The quantitative estimate of drug-likeness (QED) is 0.755. The molecule has 3 rings (SSSR count). The molecule has 0 aromatic carbocycles. The minimum absolute atomic E-state index is 0.111. The summed E-state index contributed by atoms with van der Waals surface area (Å²) in [6.07, 6.45) is 0.911. The summed E-state index contributed by atoms with van der Waals surface area (Å²) in [5.41, 5.74) is -1.81. The third-order valence-electron chi connectivity index (χ3n) is 4.45. The van der Waals surface area contributed by atoms with Crippen molar-refractivity contribution in [3.63, 3.8) is 0 Å². The molecule has 0 bridgehead atoms. The Morgan fingerprint density at radius 3 is 2.57 bits per heavy atom. The van der Waals surface area contributed by atoms with Gasteiger partial charge in [-0.25, -0.2) is 4.79 Å². The number of hydrogen-bond donors (Lipinski definition) is 2. The Morgan fingerprint density at radius 2 is 1.96 bits per heavy atom. The number of fused-ring (bicyclic) bond motifs is 2. The lowest BCUT2D eigenvalue weighted by Crippen LogP contribution is -2.64. The molecule has 3 heterocycles. The molecule has 1 saturated heterocycles. The number of aromatic nitrogens is 1. The largest absolute Gasteiger partial charge is 0.503 e. The topological polar surface area (TPSA) is 103 Å². The number of pyridine rings is 1. The van der Waals surface area contributed by atoms with Crippen molar-refractivity contribution in [2.75, 3.05) is 20.1 Å². The molecule has 2 aliphatic heterocycles. The molecule has 1 aromatic heterocycles. The minimum atomic E-state index is -1.42. The first-order valence-corrected chi connectivity index (χ1v) is 7.33. The van der Waals surface area contributed by atoms with Gasteiger partial charge in [0.1, 0.15) is 11.7 Å². The van der Waals surface area contributed by atoms with Gasteiger partial charge in [-0.05, 0) is 12.5 Å². The van der Waals surface area contributed by atoms with Crippen molar-refractivity contribution >= 4 is 11.9 Å². The monoisotopic (exact) mass is 321 g/mol. The molecule has 1 amide bonds. The van der Waals surface area contributed by atoms with Crippen LogP contribution >= 0.6 is 0 Å². The third-order valence-corrected chi connectivity index (χ3v) is 4.45. The van der Waals surface area contributed by atoms with Gasteiger partial charge in [-0.3, -0.25) is 14.5 Å². The van der Waals surface area contributed by atoms with Crippen LogP contribution in [-0.2, 0) is 6.54 Å². The summed E-state index contributed by atoms with van der Waals surface area (Å²) >= 11 is 0. The fourth-order valence-corrected chi connectivity index (χ4v) is 3.56. The summed E-state index contributed by atoms with van der Waals surface area (Å²) in [6.45, 7) is 5.69. The smallest absolute Gasteiger partial charge is 0.341 e. The third kappa shape index (κ3) is 2.29. The lowest BCUT2D eigenvalue weighted by atomic mass is 9.88. The SMILES string of the molecule is CN1CC(C)(C)CN2C(=O)c3c(O)c(=O)c(C(=O)O)cn3CC12. The fourth-order valence-electron chi connectivity index (χ4n) is 3.56. The summed E-state index contributed by atoms with van der Waals surface area (Å²) in [4.78, 5) is 39.5. The number of carboxylic acids is 1. The Hall–Kier alpha value is -2.35. The van der Waals surface area contributed by atoms with Crippen LogP contribution in [0.4, 0.5) is 0 Å². The van der Waals surface area contributed by atoms with Crippen molar-refractivity contribution in [3.05, 3.63) is 27.7 Å². The molecule has 1 unspecified atom stereocenters. The van der Waals surface area contributed by atoms with Crippen LogP contribution in [-0.4, -0.2) is 62.8 Å². The number of hydrogen-bond acceptors (Lipinski definition) is 5. The second-order valence-corrected chi connectivity index (χ2v) is 7.02. The summed E-state index contributed by atoms with van der Waals surface area (Å²) < 4.78 is 1.37. The average molecular weight is 321 g/mol. The molecule has 124 valence electrons. The zero-order chi connectivity index (χ0) is 17.1. The molecule has 0 spiro atoms. The summed E-state index contributed by atoms with van der Waals surface area (Å²) in [5.74, 6) is -2.67. The highest BCUT2D eigenvalue weighted by molar-refractivity contribution is 5.97. The van der Waals surface area contributed by atoms with Crippen molar-refractivity contribution in [1.29, 1.82) is 0 Å².